The summed E-state index contributed by atoms with van der Waals surface area (Å²) >= 11 is 0. The van der Waals surface area contributed by atoms with E-state index in [-0.39, 0.29) is 4.90 Å². The highest BCUT2D eigenvalue weighted by molar-refractivity contribution is 7.89. The Hall–Kier alpha value is -3.15. The van der Waals surface area contributed by atoms with Crippen LogP contribution < -0.4 is 14.2 Å². The minimum atomic E-state index is -3.63. The zero-order chi connectivity index (χ0) is 23.5. The Morgan fingerprint density at radius 2 is 1.71 bits per heavy atom. The largest absolute Gasteiger partial charge is 0.497 e. The van der Waals surface area contributed by atoms with Gasteiger partial charge in [0.15, 0.2) is 11.5 Å². The molecule has 3 heterocycles. The molecule has 0 aliphatic carbocycles. The lowest BCUT2D eigenvalue weighted by Crippen LogP contribution is -2.48. The third-order valence-corrected chi connectivity index (χ3v) is 7.76. The maximum Gasteiger partial charge on any atom is 0.243 e. The van der Waals surface area contributed by atoms with E-state index in [1.54, 1.807) is 25.3 Å². The number of piperazine rings is 1. The predicted molar refractivity (Wildman–Crippen MR) is 122 cm³/mol. The number of methoxy groups -OCH3 is 1. The van der Waals surface area contributed by atoms with Crippen molar-refractivity contribution < 1.29 is 27.2 Å². The van der Waals surface area contributed by atoms with Crippen LogP contribution in [0.3, 0.4) is 0 Å². The molecule has 0 bridgehead atoms. The van der Waals surface area contributed by atoms with Gasteiger partial charge in [0.05, 0.1) is 31.8 Å². The van der Waals surface area contributed by atoms with Crippen molar-refractivity contribution in [3.05, 3.63) is 48.4 Å². The molecule has 34 heavy (non-hydrogen) atoms. The summed E-state index contributed by atoms with van der Waals surface area (Å²) in [6.45, 7) is 3.38. The number of sulfonamides is 1. The number of nitrogens with zero attached hydrogens (tertiary/aromatic N) is 4. The molecule has 11 heteroatoms. The molecule has 5 rings (SSSR count). The highest BCUT2D eigenvalue weighted by Crippen LogP contribution is 2.33. The number of ether oxygens (including phenoxy) is 3. The van der Waals surface area contributed by atoms with E-state index in [0.717, 1.165) is 17.7 Å². The Balaban J connectivity index is 1.20. The van der Waals surface area contributed by atoms with Crippen LogP contribution in [-0.4, -0.2) is 74.3 Å². The van der Waals surface area contributed by atoms with Crippen molar-refractivity contribution in [1.29, 1.82) is 0 Å². The summed E-state index contributed by atoms with van der Waals surface area (Å²) in [4.78, 5) is 6.79. The Morgan fingerprint density at radius 1 is 0.971 bits per heavy atom. The molecule has 1 saturated heterocycles. The van der Waals surface area contributed by atoms with Crippen LogP contribution >= 0.6 is 0 Å². The SMILES string of the molecule is COc1ccc(-c2noc(CN3CCN(S(=O)(=O)c4ccc5c(c4)OCCCO5)CC3)n2)cc1. The van der Waals surface area contributed by atoms with Crippen LogP contribution in [0.1, 0.15) is 12.3 Å². The van der Waals surface area contributed by atoms with Crippen molar-refractivity contribution in [2.24, 2.45) is 0 Å². The van der Waals surface area contributed by atoms with Crippen molar-refractivity contribution in [3.8, 4) is 28.6 Å². The van der Waals surface area contributed by atoms with Crippen LogP contribution in [0.25, 0.3) is 11.4 Å². The monoisotopic (exact) mass is 486 g/mol. The summed E-state index contributed by atoms with van der Waals surface area (Å²) in [7, 11) is -2.02. The molecule has 10 nitrogen and oxygen atoms in total. The van der Waals surface area contributed by atoms with Crippen molar-refractivity contribution >= 4 is 10.0 Å². The van der Waals surface area contributed by atoms with Gasteiger partial charge in [-0.3, -0.25) is 4.90 Å². The minimum absolute atomic E-state index is 0.214. The first kappa shape index (κ1) is 22.6. The summed E-state index contributed by atoms with van der Waals surface area (Å²) in [5, 5.41) is 4.06. The fraction of sp³-hybridized carbons (Fsp3) is 0.391. The molecule has 1 aromatic heterocycles. The maximum atomic E-state index is 13.2. The molecule has 1 fully saturated rings. The second-order valence-corrected chi connectivity index (χ2v) is 10.0. The van der Waals surface area contributed by atoms with Crippen LogP contribution in [-0.2, 0) is 16.6 Å². The molecule has 0 amide bonds. The predicted octanol–water partition coefficient (Wildman–Crippen LogP) is 2.41. The number of aromatic nitrogens is 2. The van der Waals surface area contributed by atoms with Gasteiger partial charge in [0, 0.05) is 44.2 Å². The topological polar surface area (TPSA) is 107 Å². The number of benzene rings is 2. The molecular weight excluding hydrogens is 460 g/mol. The van der Waals surface area contributed by atoms with Crippen LogP contribution in [0, 0.1) is 0 Å². The molecule has 0 unspecified atom stereocenters. The number of hydrogen-bond acceptors (Lipinski definition) is 9. The molecule has 2 aliphatic heterocycles. The smallest absolute Gasteiger partial charge is 0.243 e. The van der Waals surface area contributed by atoms with Crippen molar-refractivity contribution in [2.75, 3.05) is 46.5 Å². The van der Waals surface area contributed by atoms with E-state index in [4.69, 9.17) is 18.7 Å². The van der Waals surface area contributed by atoms with Gasteiger partial charge >= 0.3 is 0 Å². The van der Waals surface area contributed by atoms with E-state index < -0.39 is 10.0 Å². The van der Waals surface area contributed by atoms with E-state index in [9.17, 15) is 8.42 Å². The van der Waals surface area contributed by atoms with Gasteiger partial charge in [-0.1, -0.05) is 5.16 Å². The fourth-order valence-corrected chi connectivity index (χ4v) is 5.39. The Bertz CT molecular complexity index is 1240. The molecule has 0 spiro atoms. The van der Waals surface area contributed by atoms with Gasteiger partial charge in [-0.15, -0.1) is 0 Å². The van der Waals surface area contributed by atoms with Gasteiger partial charge < -0.3 is 18.7 Å². The van der Waals surface area contributed by atoms with Gasteiger partial charge in [0.1, 0.15) is 5.75 Å². The quantitative estimate of drug-likeness (QED) is 0.519. The van der Waals surface area contributed by atoms with Crippen molar-refractivity contribution in [1.82, 2.24) is 19.3 Å². The fourth-order valence-electron chi connectivity index (χ4n) is 3.95. The van der Waals surface area contributed by atoms with Crippen LogP contribution in [0.5, 0.6) is 17.2 Å². The average molecular weight is 487 g/mol. The third-order valence-electron chi connectivity index (χ3n) is 5.86. The lowest BCUT2D eigenvalue weighted by atomic mass is 10.2. The first-order valence-corrected chi connectivity index (χ1v) is 12.6. The lowest BCUT2D eigenvalue weighted by Gasteiger charge is -2.33. The second kappa shape index (κ2) is 9.61. The van der Waals surface area contributed by atoms with Gasteiger partial charge in [-0.05, 0) is 36.4 Å². The average Bonchev–Trinajstić information content (AvgIpc) is 3.20. The van der Waals surface area contributed by atoms with E-state index >= 15 is 0 Å². The molecular formula is C23H26N4O6S. The first-order valence-electron chi connectivity index (χ1n) is 11.1. The summed E-state index contributed by atoms with van der Waals surface area (Å²) in [5.74, 6) is 2.81. The van der Waals surface area contributed by atoms with Crippen LogP contribution in [0.4, 0.5) is 0 Å². The van der Waals surface area contributed by atoms with E-state index in [1.807, 2.05) is 24.3 Å². The normalized spacial score (nSPS) is 17.3. The van der Waals surface area contributed by atoms with Gasteiger partial charge in [-0.2, -0.15) is 9.29 Å². The zero-order valence-corrected chi connectivity index (χ0v) is 19.7. The zero-order valence-electron chi connectivity index (χ0n) is 18.8. The molecule has 0 radical (unpaired) electrons. The Labute approximate surface area is 198 Å². The molecule has 180 valence electrons. The van der Waals surface area contributed by atoms with Gasteiger partial charge in [0.25, 0.3) is 0 Å². The summed E-state index contributed by atoms with van der Waals surface area (Å²) in [6.07, 6.45) is 0.764. The Kier molecular flexibility index (Phi) is 6.40. The summed E-state index contributed by atoms with van der Waals surface area (Å²) in [6, 6.07) is 12.2. The van der Waals surface area contributed by atoms with E-state index in [2.05, 4.69) is 15.0 Å². The highest BCUT2D eigenvalue weighted by atomic mass is 32.2. The number of hydrogen-bond donors (Lipinski definition) is 0. The maximum absolute atomic E-state index is 13.2. The summed E-state index contributed by atoms with van der Waals surface area (Å²) < 4.78 is 49.7. The number of fused-ring (bicyclic) bond motifs is 1. The minimum Gasteiger partial charge on any atom is -0.497 e. The molecule has 3 aromatic rings. The highest BCUT2D eigenvalue weighted by Gasteiger charge is 2.30. The molecule has 2 aliphatic rings. The second-order valence-electron chi connectivity index (χ2n) is 8.08. The molecule has 0 atom stereocenters. The molecule has 0 N–H and O–H groups in total. The first-order chi connectivity index (χ1) is 16.5. The van der Waals surface area contributed by atoms with E-state index in [1.165, 1.54) is 4.31 Å². The molecule has 0 saturated carbocycles. The van der Waals surface area contributed by atoms with Crippen molar-refractivity contribution in [2.45, 2.75) is 17.9 Å². The van der Waals surface area contributed by atoms with Crippen LogP contribution in [0.15, 0.2) is 51.9 Å². The number of rotatable bonds is 6. The van der Waals surface area contributed by atoms with Crippen molar-refractivity contribution in [3.63, 3.8) is 0 Å². The van der Waals surface area contributed by atoms with Crippen LogP contribution in [0.2, 0.25) is 0 Å². The third kappa shape index (κ3) is 4.72. The molecule has 2 aromatic carbocycles. The Morgan fingerprint density at radius 3 is 2.44 bits per heavy atom. The van der Waals surface area contributed by atoms with E-state index in [0.29, 0.717) is 69.2 Å². The lowest BCUT2D eigenvalue weighted by molar-refractivity contribution is 0.163. The van der Waals surface area contributed by atoms with Gasteiger partial charge in [0.2, 0.25) is 21.7 Å². The van der Waals surface area contributed by atoms with Gasteiger partial charge in [-0.25, -0.2) is 8.42 Å². The summed E-state index contributed by atoms with van der Waals surface area (Å²) in [5.41, 5.74) is 0.835. The standard InChI is InChI=1S/C23H26N4O6S/c1-30-18-5-3-17(4-6-18)23-24-22(33-25-23)16-26-9-11-27(12-10-26)34(28,29)19-7-8-20-21(15-19)32-14-2-13-31-20/h3-8,15H,2,9-14,16H2,1H3.